The van der Waals surface area contributed by atoms with Crippen molar-refractivity contribution < 1.29 is 4.92 Å². The summed E-state index contributed by atoms with van der Waals surface area (Å²) in [5.41, 5.74) is 1.23. The zero-order valence-corrected chi connectivity index (χ0v) is 12.1. The van der Waals surface area contributed by atoms with Crippen molar-refractivity contribution in [1.29, 1.82) is 0 Å². The van der Waals surface area contributed by atoms with E-state index >= 15 is 0 Å². The fourth-order valence-electron chi connectivity index (χ4n) is 1.99. The summed E-state index contributed by atoms with van der Waals surface area (Å²) < 4.78 is 0. The first-order valence-electron chi connectivity index (χ1n) is 6.56. The van der Waals surface area contributed by atoms with Gasteiger partial charge < -0.3 is 5.32 Å². The Labute approximate surface area is 121 Å². The van der Waals surface area contributed by atoms with Crippen LogP contribution in [-0.4, -0.2) is 16.5 Å². The molecule has 0 saturated carbocycles. The van der Waals surface area contributed by atoms with Crippen LogP contribution in [0.5, 0.6) is 0 Å². The molecule has 1 unspecified atom stereocenters. The average molecular weight is 291 g/mol. The van der Waals surface area contributed by atoms with Gasteiger partial charge in [-0.25, -0.2) is 4.98 Å². The van der Waals surface area contributed by atoms with Gasteiger partial charge in [0.05, 0.1) is 11.0 Å². The maximum Gasteiger partial charge on any atom is 0.269 e. The van der Waals surface area contributed by atoms with Gasteiger partial charge in [-0.05, 0) is 24.9 Å². The third kappa shape index (κ3) is 3.85. The van der Waals surface area contributed by atoms with Gasteiger partial charge in [0, 0.05) is 23.7 Å². The number of benzene rings is 1. The summed E-state index contributed by atoms with van der Waals surface area (Å²) in [7, 11) is 0. The Morgan fingerprint density at radius 3 is 2.70 bits per heavy atom. The summed E-state index contributed by atoms with van der Waals surface area (Å²) in [6.45, 7) is 2.96. The number of nitrogens with one attached hydrogen (secondary N) is 1. The molecule has 5 nitrogen and oxygen atoms in total. The molecule has 106 valence electrons. The van der Waals surface area contributed by atoms with Gasteiger partial charge in [-0.15, -0.1) is 11.3 Å². The molecule has 0 fully saturated rings. The van der Waals surface area contributed by atoms with Crippen LogP contribution in [-0.2, 0) is 6.42 Å². The average Bonchev–Trinajstić information content (AvgIpc) is 2.98. The van der Waals surface area contributed by atoms with E-state index in [2.05, 4.69) is 17.2 Å². The molecule has 1 aromatic carbocycles. The zero-order chi connectivity index (χ0) is 14.4. The van der Waals surface area contributed by atoms with E-state index in [1.165, 1.54) is 0 Å². The van der Waals surface area contributed by atoms with Crippen LogP contribution in [0, 0.1) is 10.1 Å². The van der Waals surface area contributed by atoms with E-state index in [9.17, 15) is 10.1 Å². The Hall–Kier alpha value is -1.79. The number of rotatable bonds is 7. The molecule has 1 heterocycles. The van der Waals surface area contributed by atoms with Gasteiger partial charge in [0.15, 0.2) is 0 Å². The topological polar surface area (TPSA) is 68.1 Å². The molecule has 1 aromatic heterocycles. The monoisotopic (exact) mass is 291 g/mol. The Morgan fingerprint density at radius 1 is 1.40 bits per heavy atom. The molecule has 0 aliphatic carbocycles. The molecule has 0 aliphatic heterocycles. The smallest absolute Gasteiger partial charge is 0.269 e. The lowest BCUT2D eigenvalue weighted by molar-refractivity contribution is -0.384. The number of nitrogens with zero attached hydrogens (tertiary/aromatic N) is 2. The van der Waals surface area contributed by atoms with Crippen molar-refractivity contribution in [2.24, 2.45) is 0 Å². The number of non-ortho nitro benzene ring substituents is 1. The lowest BCUT2D eigenvalue weighted by Gasteiger charge is -2.14. The maximum absolute atomic E-state index is 10.6. The van der Waals surface area contributed by atoms with Crippen LogP contribution >= 0.6 is 11.3 Å². The van der Waals surface area contributed by atoms with Gasteiger partial charge in [-0.2, -0.15) is 0 Å². The molecular formula is C14H17N3O2S. The van der Waals surface area contributed by atoms with E-state index in [1.807, 2.05) is 23.7 Å². The minimum absolute atomic E-state index is 0.135. The zero-order valence-electron chi connectivity index (χ0n) is 11.3. The molecule has 2 aromatic rings. The molecule has 0 radical (unpaired) electrons. The molecule has 0 amide bonds. The van der Waals surface area contributed by atoms with Gasteiger partial charge in [0.2, 0.25) is 0 Å². The number of hydrogen-bond acceptors (Lipinski definition) is 5. The number of hydrogen-bond donors (Lipinski definition) is 1. The van der Waals surface area contributed by atoms with Crippen molar-refractivity contribution in [1.82, 2.24) is 10.3 Å². The van der Waals surface area contributed by atoms with Crippen LogP contribution in [0.25, 0.3) is 0 Å². The molecule has 0 spiro atoms. The van der Waals surface area contributed by atoms with Crippen molar-refractivity contribution in [2.75, 3.05) is 6.54 Å². The second-order valence-electron chi connectivity index (χ2n) is 4.46. The summed E-state index contributed by atoms with van der Waals surface area (Å²) >= 11 is 1.66. The minimum atomic E-state index is -0.377. The Balaban J connectivity index is 1.84. The number of aromatic nitrogens is 1. The first-order valence-corrected chi connectivity index (χ1v) is 7.44. The third-order valence-electron chi connectivity index (χ3n) is 3.11. The van der Waals surface area contributed by atoms with Crippen LogP contribution in [0.1, 0.15) is 30.0 Å². The first kappa shape index (κ1) is 14.6. The van der Waals surface area contributed by atoms with E-state index < -0.39 is 0 Å². The van der Waals surface area contributed by atoms with E-state index in [1.54, 1.807) is 23.5 Å². The normalized spacial score (nSPS) is 12.2. The van der Waals surface area contributed by atoms with Crippen molar-refractivity contribution >= 4 is 17.0 Å². The van der Waals surface area contributed by atoms with E-state index in [-0.39, 0.29) is 16.7 Å². The fraction of sp³-hybridized carbons (Fsp3) is 0.357. The molecule has 0 aliphatic rings. The lowest BCUT2D eigenvalue weighted by Crippen LogP contribution is -2.23. The van der Waals surface area contributed by atoms with Crippen molar-refractivity contribution in [3.8, 4) is 0 Å². The van der Waals surface area contributed by atoms with Gasteiger partial charge in [0.25, 0.3) is 5.69 Å². The largest absolute Gasteiger partial charge is 0.308 e. The van der Waals surface area contributed by atoms with Crippen molar-refractivity contribution in [3.05, 3.63) is 56.5 Å². The van der Waals surface area contributed by atoms with Crippen LogP contribution in [0.2, 0.25) is 0 Å². The van der Waals surface area contributed by atoms with E-state index in [4.69, 9.17) is 0 Å². The summed E-state index contributed by atoms with van der Waals surface area (Å²) in [4.78, 5) is 14.5. The summed E-state index contributed by atoms with van der Waals surface area (Å²) in [6.07, 6.45) is 3.66. The molecule has 1 N–H and O–H groups in total. The molecule has 2 rings (SSSR count). The molecule has 20 heavy (non-hydrogen) atoms. The van der Waals surface area contributed by atoms with Gasteiger partial charge in [-0.3, -0.25) is 10.1 Å². The standard InChI is InChI=1S/C14H17N3O2S/c1-2-13(14-16-9-10-20-14)15-8-7-11-3-5-12(6-4-11)17(18)19/h3-6,9-10,13,15H,2,7-8H2,1H3. The van der Waals surface area contributed by atoms with Gasteiger partial charge in [0.1, 0.15) is 5.01 Å². The van der Waals surface area contributed by atoms with Crippen molar-refractivity contribution in [2.45, 2.75) is 25.8 Å². The highest BCUT2D eigenvalue weighted by molar-refractivity contribution is 7.09. The minimum Gasteiger partial charge on any atom is -0.308 e. The fourth-order valence-corrected chi connectivity index (χ4v) is 2.79. The highest BCUT2D eigenvalue weighted by Gasteiger charge is 2.10. The molecule has 1 atom stereocenters. The maximum atomic E-state index is 10.6. The quantitative estimate of drug-likeness (QED) is 0.627. The number of thiazole rings is 1. The number of nitro groups is 1. The molecule has 0 saturated heterocycles. The predicted octanol–water partition coefficient (Wildman–Crippen LogP) is 3.33. The lowest BCUT2D eigenvalue weighted by atomic mass is 10.1. The van der Waals surface area contributed by atoms with E-state index in [0.717, 1.165) is 30.0 Å². The van der Waals surface area contributed by atoms with Crippen LogP contribution < -0.4 is 5.32 Å². The van der Waals surface area contributed by atoms with Gasteiger partial charge >= 0.3 is 0 Å². The predicted molar refractivity (Wildman–Crippen MR) is 79.9 cm³/mol. The summed E-state index contributed by atoms with van der Waals surface area (Å²) in [5.74, 6) is 0. The molecule has 0 bridgehead atoms. The Bertz CT molecular complexity index is 540. The van der Waals surface area contributed by atoms with Crippen LogP contribution in [0.4, 0.5) is 5.69 Å². The first-order chi connectivity index (χ1) is 9.70. The second-order valence-corrected chi connectivity index (χ2v) is 5.39. The highest BCUT2D eigenvalue weighted by Crippen LogP contribution is 2.18. The third-order valence-corrected chi connectivity index (χ3v) is 4.00. The van der Waals surface area contributed by atoms with E-state index in [0.29, 0.717) is 0 Å². The molecular weight excluding hydrogens is 274 g/mol. The SMILES string of the molecule is CCC(NCCc1ccc([N+](=O)[O-])cc1)c1nccs1. The highest BCUT2D eigenvalue weighted by atomic mass is 32.1. The molecule has 6 heteroatoms. The van der Waals surface area contributed by atoms with Crippen molar-refractivity contribution in [3.63, 3.8) is 0 Å². The van der Waals surface area contributed by atoms with Crippen LogP contribution in [0.15, 0.2) is 35.8 Å². The van der Waals surface area contributed by atoms with Crippen LogP contribution in [0.3, 0.4) is 0 Å². The number of nitro benzene ring substituents is 1. The second kappa shape index (κ2) is 7.12. The van der Waals surface area contributed by atoms with Gasteiger partial charge in [-0.1, -0.05) is 19.1 Å². The Morgan fingerprint density at radius 2 is 2.15 bits per heavy atom. The summed E-state index contributed by atoms with van der Waals surface area (Å²) in [5, 5.41) is 17.1. The summed E-state index contributed by atoms with van der Waals surface area (Å²) in [6, 6.07) is 7.00. The Kier molecular flexibility index (Phi) is 5.20.